The summed E-state index contributed by atoms with van der Waals surface area (Å²) in [7, 11) is 0. The topological polar surface area (TPSA) is 50.2 Å². The van der Waals surface area contributed by atoms with Gasteiger partial charge in [-0.2, -0.15) is 0 Å². The highest BCUT2D eigenvalue weighted by Gasteiger charge is 2.29. The normalized spacial score (nSPS) is 14.2. The molecule has 3 aromatic rings. The maximum Gasteiger partial charge on any atom is 0.192 e. The molecule has 1 N–H and O–H groups in total. The molecule has 2 unspecified atom stereocenters. The lowest BCUT2D eigenvalue weighted by Gasteiger charge is -2.23. The van der Waals surface area contributed by atoms with Crippen LogP contribution in [-0.2, 0) is 0 Å². The Morgan fingerprint density at radius 1 is 1.17 bits per heavy atom. The third-order valence-electron chi connectivity index (χ3n) is 4.88. The van der Waals surface area contributed by atoms with Gasteiger partial charge in [-0.15, -0.1) is 11.3 Å². The van der Waals surface area contributed by atoms with Crippen LogP contribution >= 0.6 is 34.5 Å². The van der Waals surface area contributed by atoms with Gasteiger partial charge in [0.05, 0.1) is 4.34 Å². The summed E-state index contributed by atoms with van der Waals surface area (Å²) >= 11 is 13.7. The number of nitrogens with zero attached hydrogens (tertiary/aromatic N) is 1. The molecule has 1 aromatic carbocycles. The molecule has 2 aromatic heterocycles. The van der Waals surface area contributed by atoms with Gasteiger partial charge in [-0.3, -0.25) is 9.78 Å². The molecule has 29 heavy (non-hydrogen) atoms. The van der Waals surface area contributed by atoms with Gasteiger partial charge in [-0.05, 0) is 53.1 Å². The fourth-order valence-electron chi connectivity index (χ4n) is 3.24. The van der Waals surface area contributed by atoms with Crippen molar-refractivity contribution in [2.24, 2.45) is 5.92 Å². The molecule has 0 aliphatic rings. The van der Waals surface area contributed by atoms with Crippen molar-refractivity contribution in [1.29, 1.82) is 0 Å². The highest BCUT2D eigenvalue weighted by molar-refractivity contribution is 7.14. The predicted molar refractivity (Wildman–Crippen MR) is 121 cm³/mol. The van der Waals surface area contributed by atoms with E-state index in [9.17, 15) is 9.90 Å². The Labute approximate surface area is 184 Å². The van der Waals surface area contributed by atoms with Crippen LogP contribution in [0.5, 0.6) is 0 Å². The van der Waals surface area contributed by atoms with Gasteiger partial charge in [0.25, 0.3) is 0 Å². The number of aliphatic hydroxyl groups excluding tert-OH is 1. The second-order valence-corrected chi connectivity index (χ2v) is 8.78. The summed E-state index contributed by atoms with van der Waals surface area (Å²) in [4.78, 5) is 17.7. The van der Waals surface area contributed by atoms with Gasteiger partial charge in [-0.25, -0.2) is 0 Å². The van der Waals surface area contributed by atoms with Gasteiger partial charge >= 0.3 is 0 Å². The Morgan fingerprint density at radius 2 is 1.97 bits per heavy atom. The highest BCUT2D eigenvalue weighted by Crippen LogP contribution is 2.39. The predicted octanol–water partition coefficient (Wildman–Crippen LogP) is 6.87. The van der Waals surface area contributed by atoms with Crippen molar-refractivity contribution in [3.05, 3.63) is 91.9 Å². The molecular weight excluding hydrogens is 425 g/mol. The minimum atomic E-state index is -1.13. The molecule has 0 spiro atoms. The number of halogens is 2. The molecule has 2 atom stereocenters. The first kappa shape index (κ1) is 21.7. The summed E-state index contributed by atoms with van der Waals surface area (Å²) in [5.41, 5.74) is 2.95. The minimum Gasteiger partial charge on any atom is -0.383 e. The summed E-state index contributed by atoms with van der Waals surface area (Å²) in [6.45, 7) is 4.10. The van der Waals surface area contributed by atoms with Crippen molar-refractivity contribution >= 4 is 45.9 Å². The van der Waals surface area contributed by atoms with Crippen molar-refractivity contribution in [3.63, 3.8) is 0 Å². The highest BCUT2D eigenvalue weighted by atomic mass is 35.5. The van der Waals surface area contributed by atoms with Crippen LogP contribution in [0.4, 0.5) is 0 Å². The van der Waals surface area contributed by atoms with Crippen LogP contribution in [0.2, 0.25) is 9.36 Å². The van der Waals surface area contributed by atoms with E-state index in [0.717, 1.165) is 17.6 Å². The molecule has 3 rings (SSSR count). The van der Waals surface area contributed by atoms with Crippen LogP contribution in [0.25, 0.3) is 5.57 Å². The Bertz CT molecular complexity index is 1030. The van der Waals surface area contributed by atoms with E-state index in [2.05, 4.69) is 11.9 Å². The van der Waals surface area contributed by atoms with E-state index in [1.165, 1.54) is 11.3 Å². The maximum absolute atomic E-state index is 13.6. The summed E-state index contributed by atoms with van der Waals surface area (Å²) < 4.78 is 0.631. The molecular formula is C23H21Cl2NO2S. The number of hydrogen-bond donors (Lipinski definition) is 1. The average Bonchev–Trinajstić information content (AvgIpc) is 3.16. The Morgan fingerprint density at radius 3 is 2.55 bits per heavy atom. The van der Waals surface area contributed by atoms with Crippen molar-refractivity contribution in [3.8, 4) is 0 Å². The Hall–Kier alpha value is -1.98. The van der Waals surface area contributed by atoms with Gasteiger partial charge < -0.3 is 5.11 Å². The number of aromatic nitrogens is 1. The van der Waals surface area contributed by atoms with Crippen molar-refractivity contribution in [1.82, 2.24) is 4.98 Å². The second-order valence-electron chi connectivity index (χ2n) is 6.80. The van der Waals surface area contributed by atoms with Crippen molar-refractivity contribution in [2.75, 3.05) is 0 Å². The number of thiophene rings is 1. The first-order valence-corrected chi connectivity index (χ1v) is 10.9. The fraction of sp³-hybridized carbons (Fsp3) is 0.217. The number of rotatable bonds is 7. The zero-order chi connectivity index (χ0) is 21.0. The Kier molecular flexibility index (Phi) is 7.25. The second kappa shape index (κ2) is 9.68. The van der Waals surface area contributed by atoms with Gasteiger partial charge in [-0.1, -0.05) is 55.2 Å². The summed E-state index contributed by atoms with van der Waals surface area (Å²) in [6.07, 6.45) is 2.88. The molecule has 0 saturated carbocycles. The van der Waals surface area contributed by atoms with E-state index >= 15 is 0 Å². The average molecular weight is 446 g/mol. The van der Waals surface area contributed by atoms with Gasteiger partial charge in [0.2, 0.25) is 0 Å². The van der Waals surface area contributed by atoms with Crippen LogP contribution in [0, 0.1) is 5.92 Å². The standard InChI is InChI=1S/C23H21Cl2NO2S/c1-3-14(2)20(17-11-19(25)29-13-17)21(23(28)16-7-5-9-26-12-16)22(27)15-6-4-8-18(24)10-15/h4-14,23,28H,3H2,1-2H3/b21-20-. The molecule has 3 nitrogen and oxygen atoms in total. The number of carbonyl (C=O) groups is 1. The number of Topliss-reactive ketones (excluding diaryl/α,β-unsaturated/α-hetero) is 1. The first-order chi connectivity index (χ1) is 13.9. The third kappa shape index (κ3) is 4.96. The summed E-state index contributed by atoms with van der Waals surface area (Å²) in [6, 6.07) is 12.1. The smallest absolute Gasteiger partial charge is 0.192 e. The van der Waals surface area contributed by atoms with Gasteiger partial charge in [0.1, 0.15) is 6.10 Å². The van der Waals surface area contributed by atoms with E-state index < -0.39 is 6.10 Å². The zero-order valence-corrected chi connectivity index (χ0v) is 18.4. The molecule has 0 aliphatic carbocycles. The first-order valence-electron chi connectivity index (χ1n) is 9.29. The van der Waals surface area contributed by atoms with E-state index in [-0.39, 0.29) is 11.7 Å². The van der Waals surface area contributed by atoms with Gasteiger partial charge in [0, 0.05) is 34.1 Å². The van der Waals surface area contributed by atoms with Crippen LogP contribution in [-0.4, -0.2) is 15.9 Å². The van der Waals surface area contributed by atoms with Crippen LogP contribution in [0.3, 0.4) is 0 Å². The van der Waals surface area contributed by atoms with Crippen molar-refractivity contribution in [2.45, 2.75) is 26.4 Å². The molecule has 0 aliphatic heterocycles. The quantitative estimate of drug-likeness (QED) is 0.318. The van der Waals surface area contributed by atoms with E-state index in [4.69, 9.17) is 23.2 Å². The number of ketones is 1. The summed E-state index contributed by atoms with van der Waals surface area (Å²) in [5, 5.41) is 13.7. The van der Waals surface area contributed by atoms with E-state index in [1.807, 2.05) is 18.4 Å². The van der Waals surface area contributed by atoms with Crippen LogP contribution in [0.15, 0.2) is 65.8 Å². The maximum atomic E-state index is 13.6. The Balaban J connectivity index is 2.27. The molecule has 0 bridgehead atoms. The van der Waals surface area contributed by atoms with Gasteiger partial charge in [0.15, 0.2) is 5.78 Å². The number of hydrogen-bond acceptors (Lipinski definition) is 4. The largest absolute Gasteiger partial charge is 0.383 e. The number of carbonyl (C=O) groups excluding carboxylic acids is 1. The lowest BCUT2D eigenvalue weighted by molar-refractivity contribution is 0.0987. The zero-order valence-electron chi connectivity index (χ0n) is 16.1. The number of pyridine rings is 1. The fourth-order valence-corrected chi connectivity index (χ4v) is 4.32. The van der Waals surface area contributed by atoms with Crippen molar-refractivity contribution < 1.29 is 9.90 Å². The molecule has 0 fully saturated rings. The molecule has 0 radical (unpaired) electrons. The number of aliphatic hydroxyl groups is 1. The molecule has 6 heteroatoms. The third-order valence-corrected chi connectivity index (χ3v) is 6.21. The molecule has 0 amide bonds. The minimum absolute atomic E-state index is 0.0325. The summed E-state index contributed by atoms with van der Waals surface area (Å²) in [5.74, 6) is -0.230. The SMILES string of the molecule is CCC(C)/C(=C(\C(=O)c1cccc(Cl)c1)C(O)c1cccnc1)c1csc(Cl)c1. The lowest BCUT2D eigenvalue weighted by Crippen LogP contribution is -2.17. The van der Waals surface area contributed by atoms with E-state index in [1.54, 1.807) is 48.8 Å². The number of benzene rings is 1. The molecule has 2 heterocycles. The number of allylic oxidation sites excluding steroid dienone is 1. The molecule has 150 valence electrons. The molecule has 0 saturated heterocycles. The van der Waals surface area contributed by atoms with Crippen LogP contribution in [0.1, 0.15) is 47.9 Å². The van der Waals surface area contributed by atoms with Crippen LogP contribution < -0.4 is 0 Å². The lowest BCUT2D eigenvalue weighted by atomic mass is 9.82. The van der Waals surface area contributed by atoms with E-state index in [0.29, 0.717) is 26.1 Å². The monoisotopic (exact) mass is 445 g/mol.